The lowest BCUT2D eigenvalue weighted by molar-refractivity contribution is -0.167. The first-order valence-electron chi connectivity index (χ1n) is 26.6. The molecule has 0 aliphatic rings. The van der Waals surface area contributed by atoms with Crippen LogP contribution < -0.4 is 0 Å². The molecule has 1 atom stereocenters. The van der Waals surface area contributed by atoms with E-state index < -0.39 is 6.10 Å². The summed E-state index contributed by atoms with van der Waals surface area (Å²) in [4.78, 5) is 38.0. The van der Waals surface area contributed by atoms with E-state index in [2.05, 4.69) is 69.4 Å². The monoisotopic (exact) mass is 869 g/mol. The summed E-state index contributed by atoms with van der Waals surface area (Å²) in [6.07, 6.45) is 60.9. The lowest BCUT2D eigenvalue weighted by atomic mass is 10.1. The van der Waals surface area contributed by atoms with Crippen molar-refractivity contribution in [1.29, 1.82) is 0 Å². The topological polar surface area (TPSA) is 78.9 Å². The number of ether oxygens (including phenoxy) is 3. The second-order valence-corrected chi connectivity index (χ2v) is 17.8. The van der Waals surface area contributed by atoms with Crippen molar-refractivity contribution in [2.75, 3.05) is 13.2 Å². The van der Waals surface area contributed by atoms with Gasteiger partial charge in [0.15, 0.2) is 6.10 Å². The number of carbonyl (C=O) groups excluding carboxylic acids is 3. The van der Waals surface area contributed by atoms with Gasteiger partial charge in [-0.15, -0.1) is 0 Å². The van der Waals surface area contributed by atoms with Crippen molar-refractivity contribution >= 4 is 17.9 Å². The maximum Gasteiger partial charge on any atom is 0.306 e. The van der Waals surface area contributed by atoms with Crippen LogP contribution in [-0.4, -0.2) is 37.2 Å². The number of rotatable bonds is 48. The van der Waals surface area contributed by atoms with Crippen molar-refractivity contribution in [2.45, 2.75) is 277 Å². The van der Waals surface area contributed by atoms with Crippen LogP contribution in [0.5, 0.6) is 0 Å². The Morgan fingerprint density at radius 1 is 0.323 bits per heavy atom. The number of unbranched alkanes of at least 4 members (excludes halogenated alkanes) is 29. The molecule has 0 radical (unpaired) electrons. The molecule has 0 aliphatic heterocycles. The fourth-order valence-electron chi connectivity index (χ4n) is 7.45. The summed E-state index contributed by atoms with van der Waals surface area (Å²) in [5.74, 6) is -0.904. The van der Waals surface area contributed by atoms with Gasteiger partial charge in [0, 0.05) is 19.3 Å². The zero-order chi connectivity index (χ0) is 45.1. The average Bonchev–Trinajstić information content (AvgIpc) is 3.27. The summed E-state index contributed by atoms with van der Waals surface area (Å²) in [6, 6.07) is 0. The maximum atomic E-state index is 12.8. The Bertz CT molecular complexity index is 1090. The van der Waals surface area contributed by atoms with E-state index in [0.717, 1.165) is 89.9 Å². The van der Waals surface area contributed by atoms with Gasteiger partial charge in [0.05, 0.1) is 0 Å². The molecule has 0 fully saturated rings. The van der Waals surface area contributed by atoms with E-state index >= 15 is 0 Å². The maximum absolute atomic E-state index is 12.8. The van der Waals surface area contributed by atoms with Crippen LogP contribution in [-0.2, 0) is 28.6 Å². The fraction of sp³-hybridized carbons (Fsp3) is 0.804. The zero-order valence-corrected chi connectivity index (χ0v) is 41.1. The van der Waals surface area contributed by atoms with E-state index in [9.17, 15) is 14.4 Å². The summed E-state index contributed by atoms with van der Waals surface area (Å²) in [5, 5.41) is 0. The van der Waals surface area contributed by atoms with Gasteiger partial charge in [-0.3, -0.25) is 14.4 Å². The molecular weight excluding hydrogens is 769 g/mol. The van der Waals surface area contributed by atoms with Crippen LogP contribution in [0, 0.1) is 0 Å². The molecular formula is C56H100O6. The molecule has 0 bridgehead atoms. The average molecular weight is 869 g/mol. The molecule has 6 nitrogen and oxygen atoms in total. The van der Waals surface area contributed by atoms with Gasteiger partial charge in [-0.25, -0.2) is 0 Å². The van der Waals surface area contributed by atoms with Crippen LogP contribution in [0.15, 0.2) is 48.6 Å². The molecule has 0 rings (SSSR count). The standard InChI is InChI=1S/C56H100O6/c1-4-7-10-13-16-19-22-24-26-28-30-31-34-37-40-43-46-49-55(58)61-52-53(51-60-54(57)48-45-42-39-36-33-21-18-15-12-9-6-3)62-56(59)50-47-44-41-38-35-32-29-27-25-23-20-17-14-11-8-5-2/h15,18,20,23-24,26-27,29,53H,4-14,16-17,19,21-22,25,28,30-52H2,1-3H3/b18-15-,23-20-,26-24-,29-27-. The lowest BCUT2D eigenvalue weighted by Crippen LogP contribution is -2.30. The van der Waals surface area contributed by atoms with Crippen LogP contribution in [0.1, 0.15) is 271 Å². The van der Waals surface area contributed by atoms with E-state index in [0.29, 0.717) is 19.3 Å². The van der Waals surface area contributed by atoms with Gasteiger partial charge >= 0.3 is 17.9 Å². The fourth-order valence-corrected chi connectivity index (χ4v) is 7.45. The highest BCUT2D eigenvalue weighted by Gasteiger charge is 2.19. The number of esters is 3. The highest BCUT2D eigenvalue weighted by atomic mass is 16.6. The molecule has 360 valence electrons. The molecule has 0 amide bonds. The molecule has 0 spiro atoms. The Hall–Kier alpha value is -2.63. The quantitative estimate of drug-likeness (QED) is 0.0262. The number of hydrogen-bond acceptors (Lipinski definition) is 6. The van der Waals surface area contributed by atoms with Gasteiger partial charge in [0.1, 0.15) is 13.2 Å². The molecule has 1 unspecified atom stereocenters. The molecule has 0 saturated carbocycles. The number of allylic oxidation sites excluding steroid dienone is 8. The molecule has 0 aromatic heterocycles. The van der Waals surface area contributed by atoms with Crippen LogP contribution in [0.3, 0.4) is 0 Å². The minimum Gasteiger partial charge on any atom is -0.462 e. The summed E-state index contributed by atoms with van der Waals surface area (Å²) in [7, 11) is 0. The number of carbonyl (C=O) groups is 3. The summed E-state index contributed by atoms with van der Waals surface area (Å²) >= 11 is 0. The normalized spacial score (nSPS) is 12.4. The molecule has 0 heterocycles. The Morgan fingerprint density at radius 2 is 0.597 bits per heavy atom. The van der Waals surface area contributed by atoms with Crippen LogP contribution in [0.25, 0.3) is 0 Å². The first kappa shape index (κ1) is 59.4. The van der Waals surface area contributed by atoms with E-state index in [1.165, 1.54) is 141 Å². The van der Waals surface area contributed by atoms with Crippen molar-refractivity contribution in [1.82, 2.24) is 0 Å². The first-order chi connectivity index (χ1) is 30.5. The first-order valence-corrected chi connectivity index (χ1v) is 26.6. The minimum atomic E-state index is -0.783. The summed E-state index contributed by atoms with van der Waals surface area (Å²) in [5.41, 5.74) is 0. The van der Waals surface area contributed by atoms with Gasteiger partial charge in [-0.1, -0.05) is 204 Å². The molecule has 6 heteroatoms. The second-order valence-electron chi connectivity index (χ2n) is 17.8. The van der Waals surface area contributed by atoms with Crippen molar-refractivity contribution in [2.24, 2.45) is 0 Å². The summed E-state index contributed by atoms with van der Waals surface area (Å²) < 4.78 is 16.8. The largest absolute Gasteiger partial charge is 0.462 e. The molecule has 0 aromatic rings. The molecule has 0 aliphatic carbocycles. The number of hydrogen-bond donors (Lipinski definition) is 0. The van der Waals surface area contributed by atoms with Gasteiger partial charge in [-0.05, 0) is 96.3 Å². The molecule has 62 heavy (non-hydrogen) atoms. The Balaban J connectivity index is 4.38. The highest BCUT2D eigenvalue weighted by molar-refractivity contribution is 5.71. The molecule has 0 saturated heterocycles. The predicted molar refractivity (Wildman–Crippen MR) is 265 cm³/mol. The third-order valence-corrected chi connectivity index (χ3v) is 11.5. The third kappa shape index (κ3) is 48.4. The zero-order valence-electron chi connectivity index (χ0n) is 41.1. The van der Waals surface area contributed by atoms with E-state index in [1.807, 2.05) is 0 Å². The van der Waals surface area contributed by atoms with E-state index in [4.69, 9.17) is 14.2 Å². The van der Waals surface area contributed by atoms with Crippen LogP contribution >= 0.6 is 0 Å². The highest BCUT2D eigenvalue weighted by Crippen LogP contribution is 2.14. The van der Waals surface area contributed by atoms with E-state index in [-0.39, 0.29) is 31.1 Å². The Labute approximate surface area is 384 Å². The van der Waals surface area contributed by atoms with Crippen molar-refractivity contribution in [3.63, 3.8) is 0 Å². The Kier molecular flexibility index (Phi) is 48.8. The van der Waals surface area contributed by atoms with Crippen LogP contribution in [0.2, 0.25) is 0 Å². The second kappa shape index (κ2) is 51.0. The smallest absolute Gasteiger partial charge is 0.306 e. The van der Waals surface area contributed by atoms with Gasteiger partial charge in [0.25, 0.3) is 0 Å². The van der Waals surface area contributed by atoms with Crippen molar-refractivity contribution < 1.29 is 28.6 Å². The third-order valence-electron chi connectivity index (χ3n) is 11.5. The minimum absolute atomic E-state index is 0.0829. The Morgan fingerprint density at radius 3 is 0.968 bits per heavy atom. The van der Waals surface area contributed by atoms with Gasteiger partial charge < -0.3 is 14.2 Å². The SMILES string of the molecule is CCCC/C=C\CCCCCCCC(=O)OCC(COC(=O)CCCCCCCCC/C=C\CCCCCCCC)OC(=O)CCCCCCC/C=C\C/C=C\CCCCCC. The lowest BCUT2D eigenvalue weighted by Gasteiger charge is -2.18. The van der Waals surface area contributed by atoms with Crippen LogP contribution in [0.4, 0.5) is 0 Å². The summed E-state index contributed by atoms with van der Waals surface area (Å²) in [6.45, 7) is 6.57. The van der Waals surface area contributed by atoms with Gasteiger partial charge in [0.2, 0.25) is 0 Å². The van der Waals surface area contributed by atoms with Crippen molar-refractivity contribution in [3.8, 4) is 0 Å². The van der Waals surface area contributed by atoms with Crippen molar-refractivity contribution in [3.05, 3.63) is 48.6 Å². The van der Waals surface area contributed by atoms with Gasteiger partial charge in [-0.2, -0.15) is 0 Å². The van der Waals surface area contributed by atoms with E-state index in [1.54, 1.807) is 0 Å². The predicted octanol–water partition coefficient (Wildman–Crippen LogP) is 17.5. The molecule has 0 N–H and O–H groups in total. The molecule has 0 aromatic carbocycles.